The summed E-state index contributed by atoms with van der Waals surface area (Å²) < 4.78 is 5.99. The Kier molecular flexibility index (Phi) is 3.43. The van der Waals surface area contributed by atoms with Crippen molar-refractivity contribution < 1.29 is 4.74 Å². The van der Waals surface area contributed by atoms with E-state index in [0.717, 1.165) is 19.1 Å². The van der Waals surface area contributed by atoms with Crippen LogP contribution in [0.15, 0.2) is 0 Å². The molecule has 3 nitrogen and oxygen atoms in total. The maximum atomic E-state index is 5.99. The predicted octanol–water partition coefficient (Wildman–Crippen LogP) is 2.26. The Labute approximate surface area is 118 Å². The molecule has 19 heavy (non-hydrogen) atoms. The Morgan fingerprint density at radius 1 is 1.21 bits per heavy atom. The van der Waals surface area contributed by atoms with Crippen LogP contribution in [0.2, 0.25) is 0 Å². The smallest absolute Gasteiger partial charge is 0.0684 e. The molecule has 3 rings (SSSR count). The van der Waals surface area contributed by atoms with Gasteiger partial charge in [0.1, 0.15) is 0 Å². The van der Waals surface area contributed by atoms with Crippen molar-refractivity contribution in [3.8, 4) is 0 Å². The van der Waals surface area contributed by atoms with E-state index >= 15 is 0 Å². The van der Waals surface area contributed by atoms with Crippen molar-refractivity contribution in [1.29, 1.82) is 0 Å². The first-order chi connectivity index (χ1) is 8.97. The van der Waals surface area contributed by atoms with Crippen LogP contribution in [-0.2, 0) is 4.74 Å². The molecular formula is C16H30N2O. The van der Waals surface area contributed by atoms with Crippen molar-refractivity contribution in [3.05, 3.63) is 0 Å². The van der Waals surface area contributed by atoms with Gasteiger partial charge in [0.15, 0.2) is 0 Å². The van der Waals surface area contributed by atoms with Crippen LogP contribution in [0.3, 0.4) is 0 Å². The number of hydrogen-bond donors (Lipinski definition) is 1. The van der Waals surface area contributed by atoms with Gasteiger partial charge in [-0.3, -0.25) is 0 Å². The Balaban J connectivity index is 1.60. The minimum Gasteiger partial charge on any atom is -0.377 e. The SMILES string of the molecule is CN(C)C1(CNC2C3CCCOC3C2(C)C)CCC1. The lowest BCUT2D eigenvalue weighted by atomic mass is 9.55. The molecule has 1 heterocycles. The topological polar surface area (TPSA) is 24.5 Å². The molecule has 0 amide bonds. The average molecular weight is 266 g/mol. The van der Waals surface area contributed by atoms with Crippen molar-refractivity contribution in [2.24, 2.45) is 11.3 Å². The number of hydrogen-bond acceptors (Lipinski definition) is 3. The zero-order chi connectivity index (χ0) is 13.7. The van der Waals surface area contributed by atoms with Crippen LogP contribution in [0.5, 0.6) is 0 Å². The number of nitrogens with one attached hydrogen (secondary N) is 1. The quantitative estimate of drug-likeness (QED) is 0.845. The molecule has 0 aromatic heterocycles. The Morgan fingerprint density at radius 3 is 2.53 bits per heavy atom. The molecule has 0 aromatic carbocycles. The van der Waals surface area contributed by atoms with Gasteiger partial charge in [0.2, 0.25) is 0 Å². The van der Waals surface area contributed by atoms with Crippen LogP contribution in [0.25, 0.3) is 0 Å². The number of likely N-dealkylation sites (N-methyl/N-ethyl adjacent to an activating group) is 1. The Hall–Kier alpha value is -0.120. The average Bonchev–Trinajstić information content (AvgIpc) is 2.31. The molecule has 1 aliphatic heterocycles. The maximum Gasteiger partial charge on any atom is 0.0684 e. The van der Waals surface area contributed by atoms with Gasteiger partial charge in [-0.05, 0) is 46.2 Å². The molecule has 2 aliphatic carbocycles. The van der Waals surface area contributed by atoms with Crippen LogP contribution >= 0.6 is 0 Å². The minimum absolute atomic E-state index is 0.308. The van der Waals surface area contributed by atoms with Gasteiger partial charge in [-0.1, -0.05) is 13.8 Å². The van der Waals surface area contributed by atoms with E-state index in [-0.39, 0.29) is 0 Å². The molecule has 3 aliphatic rings. The van der Waals surface area contributed by atoms with Crippen LogP contribution in [0.4, 0.5) is 0 Å². The fourth-order valence-electron chi connectivity index (χ4n) is 4.60. The van der Waals surface area contributed by atoms with E-state index in [1.54, 1.807) is 0 Å². The normalized spacial score (nSPS) is 39.3. The van der Waals surface area contributed by atoms with E-state index in [4.69, 9.17) is 4.74 Å². The van der Waals surface area contributed by atoms with E-state index in [1.807, 2.05) is 0 Å². The molecule has 1 saturated heterocycles. The third-order valence-corrected chi connectivity index (χ3v) is 6.22. The first-order valence-corrected chi connectivity index (χ1v) is 8.00. The highest BCUT2D eigenvalue weighted by atomic mass is 16.5. The standard InChI is InChI=1S/C16H30N2O/c1-15(2)13(12-7-5-10-19-14(12)15)17-11-16(18(3)4)8-6-9-16/h12-14,17H,5-11H2,1-4H3. The zero-order valence-electron chi connectivity index (χ0n) is 13.0. The summed E-state index contributed by atoms with van der Waals surface area (Å²) >= 11 is 0. The van der Waals surface area contributed by atoms with Gasteiger partial charge in [0.05, 0.1) is 6.10 Å². The van der Waals surface area contributed by atoms with Crippen LogP contribution < -0.4 is 5.32 Å². The maximum absolute atomic E-state index is 5.99. The molecule has 0 radical (unpaired) electrons. The van der Waals surface area contributed by atoms with Crippen molar-refractivity contribution in [1.82, 2.24) is 10.2 Å². The van der Waals surface area contributed by atoms with Gasteiger partial charge in [0, 0.05) is 36.1 Å². The predicted molar refractivity (Wildman–Crippen MR) is 78.3 cm³/mol. The monoisotopic (exact) mass is 266 g/mol. The van der Waals surface area contributed by atoms with E-state index < -0.39 is 0 Å². The molecular weight excluding hydrogens is 236 g/mol. The van der Waals surface area contributed by atoms with Crippen molar-refractivity contribution >= 4 is 0 Å². The molecule has 1 N–H and O–H groups in total. The third-order valence-electron chi connectivity index (χ3n) is 6.22. The van der Waals surface area contributed by atoms with Gasteiger partial charge in [-0.25, -0.2) is 0 Å². The van der Waals surface area contributed by atoms with Crippen LogP contribution in [0, 0.1) is 11.3 Å². The lowest BCUT2D eigenvalue weighted by Crippen LogP contribution is -2.71. The van der Waals surface area contributed by atoms with Gasteiger partial charge in [-0.15, -0.1) is 0 Å². The molecule has 3 fully saturated rings. The Morgan fingerprint density at radius 2 is 1.95 bits per heavy atom. The fourth-order valence-corrected chi connectivity index (χ4v) is 4.60. The highest BCUT2D eigenvalue weighted by molar-refractivity contribution is 5.11. The summed E-state index contributed by atoms with van der Waals surface area (Å²) in [5.41, 5.74) is 0.735. The highest BCUT2D eigenvalue weighted by Crippen LogP contribution is 2.51. The molecule has 3 heteroatoms. The Bertz CT molecular complexity index is 336. The van der Waals surface area contributed by atoms with E-state index in [9.17, 15) is 0 Å². The third kappa shape index (κ3) is 2.05. The first kappa shape index (κ1) is 13.8. The van der Waals surface area contributed by atoms with Crippen molar-refractivity contribution in [2.75, 3.05) is 27.2 Å². The van der Waals surface area contributed by atoms with Gasteiger partial charge >= 0.3 is 0 Å². The van der Waals surface area contributed by atoms with Gasteiger partial charge < -0.3 is 15.0 Å². The van der Waals surface area contributed by atoms with Crippen molar-refractivity contribution in [3.63, 3.8) is 0 Å². The summed E-state index contributed by atoms with van der Waals surface area (Å²) in [7, 11) is 4.47. The molecule has 3 atom stereocenters. The molecule has 0 aromatic rings. The molecule has 3 unspecified atom stereocenters. The lowest BCUT2D eigenvalue weighted by Gasteiger charge is -2.61. The summed E-state index contributed by atoms with van der Waals surface area (Å²) in [5.74, 6) is 0.753. The van der Waals surface area contributed by atoms with Gasteiger partial charge in [0.25, 0.3) is 0 Å². The second-order valence-corrected chi connectivity index (χ2v) is 7.75. The summed E-state index contributed by atoms with van der Waals surface area (Å²) in [6.45, 7) is 6.87. The van der Waals surface area contributed by atoms with Crippen LogP contribution in [0.1, 0.15) is 46.0 Å². The van der Waals surface area contributed by atoms with E-state index in [1.165, 1.54) is 32.1 Å². The summed E-state index contributed by atoms with van der Waals surface area (Å²) in [5, 5.41) is 3.91. The first-order valence-electron chi connectivity index (χ1n) is 8.00. The largest absolute Gasteiger partial charge is 0.377 e. The lowest BCUT2D eigenvalue weighted by molar-refractivity contribution is -0.194. The summed E-state index contributed by atoms with van der Waals surface area (Å²) in [6.07, 6.45) is 7.18. The number of nitrogens with zero attached hydrogens (tertiary/aromatic N) is 1. The van der Waals surface area contributed by atoms with Gasteiger partial charge in [-0.2, -0.15) is 0 Å². The second kappa shape index (κ2) is 4.71. The minimum atomic E-state index is 0.308. The van der Waals surface area contributed by atoms with Crippen LogP contribution in [-0.4, -0.2) is 49.8 Å². The highest BCUT2D eigenvalue weighted by Gasteiger charge is 2.58. The van der Waals surface area contributed by atoms with Crippen molar-refractivity contribution in [2.45, 2.75) is 63.6 Å². The van der Waals surface area contributed by atoms with E-state index in [0.29, 0.717) is 23.1 Å². The number of ether oxygens (including phenoxy) is 1. The second-order valence-electron chi connectivity index (χ2n) is 7.75. The zero-order valence-corrected chi connectivity index (χ0v) is 13.0. The molecule has 2 saturated carbocycles. The fraction of sp³-hybridized carbons (Fsp3) is 1.00. The summed E-state index contributed by atoms with van der Waals surface area (Å²) in [4.78, 5) is 2.43. The molecule has 0 spiro atoms. The summed E-state index contributed by atoms with van der Waals surface area (Å²) in [6, 6.07) is 0.648. The molecule has 110 valence electrons. The number of fused-ring (bicyclic) bond motifs is 1. The number of rotatable bonds is 4. The molecule has 0 bridgehead atoms. The van der Waals surface area contributed by atoms with E-state index in [2.05, 4.69) is 38.2 Å².